The highest BCUT2D eigenvalue weighted by Crippen LogP contribution is 2.23. The number of pyridine rings is 1. The zero-order valence-corrected chi connectivity index (χ0v) is 15.5. The van der Waals surface area contributed by atoms with Gasteiger partial charge in [-0.1, -0.05) is 0 Å². The van der Waals surface area contributed by atoms with Crippen molar-refractivity contribution in [1.82, 2.24) is 19.9 Å². The van der Waals surface area contributed by atoms with Gasteiger partial charge in [-0.15, -0.1) is 0 Å². The van der Waals surface area contributed by atoms with Gasteiger partial charge in [-0.05, 0) is 38.0 Å². The number of carbonyl (C=O) groups excluding carboxylic acids is 1. The summed E-state index contributed by atoms with van der Waals surface area (Å²) in [7, 11) is 0. The molecule has 0 aromatic carbocycles. The van der Waals surface area contributed by atoms with E-state index in [0.717, 1.165) is 36.1 Å². The van der Waals surface area contributed by atoms with Crippen LogP contribution in [0.2, 0.25) is 0 Å². The van der Waals surface area contributed by atoms with E-state index in [1.165, 1.54) is 12.8 Å². The number of carbonyl (C=O) groups is 1. The van der Waals surface area contributed by atoms with E-state index < -0.39 is 0 Å². The van der Waals surface area contributed by atoms with Gasteiger partial charge in [0.15, 0.2) is 0 Å². The highest BCUT2D eigenvalue weighted by molar-refractivity contribution is 5.89. The lowest BCUT2D eigenvalue weighted by atomic mass is 10.2. The Morgan fingerprint density at radius 3 is 2.81 bits per heavy atom. The normalized spacial score (nSPS) is 20.0. The standard InChI is InChI=1S/C19H24N6O2/c1-14-12-15(4-6-20-14)22-19(26)25-10-11-27-17(13-25)16-5-7-21-18(23-16)24-8-2-3-9-24/h4-7,12,17H,2-3,8-11,13H2,1H3,(H,20,22,26). The highest BCUT2D eigenvalue weighted by atomic mass is 16.5. The Balaban J connectivity index is 1.43. The van der Waals surface area contributed by atoms with E-state index in [-0.39, 0.29) is 12.1 Å². The number of nitrogens with one attached hydrogen (secondary N) is 1. The van der Waals surface area contributed by atoms with Crippen LogP contribution in [0.5, 0.6) is 0 Å². The fraction of sp³-hybridized carbons (Fsp3) is 0.474. The Morgan fingerprint density at radius 1 is 1.19 bits per heavy atom. The van der Waals surface area contributed by atoms with Crippen molar-refractivity contribution in [3.63, 3.8) is 0 Å². The summed E-state index contributed by atoms with van der Waals surface area (Å²) in [6.45, 7) is 5.39. The predicted octanol–water partition coefficient (Wildman–Crippen LogP) is 2.39. The van der Waals surface area contributed by atoms with Gasteiger partial charge in [-0.2, -0.15) is 0 Å². The van der Waals surface area contributed by atoms with Crippen LogP contribution < -0.4 is 10.2 Å². The lowest BCUT2D eigenvalue weighted by Crippen LogP contribution is -2.44. The zero-order chi connectivity index (χ0) is 18.6. The van der Waals surface area contributed by atoms with Crippen LogP contribution >= 0.6 is 0 Å². The van der Waals surface area contributed by atoms with E-state index in [2.05, 4.69) is 20.2 Å². The van der Waals surface area contributed by atoms with Crippen molar-refractivity contribution in [3.8, 4) is 0 Å². The lowest BCUT2D eigenvalue weighted by molar-refractivity contribution is -0.0157. The molecule has 1 atom stereocenters. The summed E-state index contributed by atoms with van der Waals surface area (Å²) in [4.78, 5) is 29.8. The third kappa shape index (κ3) is 4.16. The molecule has 0 aliphatic carbocycles. The first-order valence-electron chi connectivity index (χ1n) is 9.37. The molecule has 0 saturated carbocycles. The summed E-state index contributed by atoms with van der Waals surface area (Å²) < 4.78 is 5.89. The molecular formula is C19H24N6O2. The number of anilines is 2. The van der Waals surface area contributed by atoms with Gasteiger partial charge in [0.2, 0.25) is 5.95 Å². The number of aromatic nitrogens is 3. The molecule has 2 aliphatic heterocycles. The maximum Gasteiger partial charge on any atom is 0.322 e. The summed E-state index contributed by atoms with van der Waals surface area (Å²) in [6, 6.07) is 5.37. The van der Waals surface area contributed by atoms with Crippen LogP contribution in [0.25, 0.3) is 0 Å². The van der Waals surface area contributed by atoms with Crippen molar-refractivity contribution in [3.05, 3.63) is 42.0 Å². The van der Waals surface area contributed by atoms with E-state index in [9.17, 15) is 4.79 Å². The molecule has 2 aromatic heterocycles. The van der Waals surface area contributed by atoms with Crippen LogP contribution in [0.1, 0.15) is 30.3 Å². The first-order chi connectivity index (χ1) is 13.2. The molecule has 4 heterocycles. The van der Waals surface area contributed by atoms with Gasteiger partial charge in [0.1, 0.15) is 6.10 Å². The second-order valence-corrected chi connectivity index (χ2v) is 6.90. The van der Waals surface area contributed by atoms with Crippen LogP contribution in [0.3, 0.4) is 0 Å². The smallest absolute Gasteiger partial charge is 0.322 e. The minimum Gasteiger partial charge on any atom is -0.368 e. The van der Waals surface area contributed by atoms with Crippen molar-refractivity contribution < 1.29 is 9.53 Å². The minimum absolute atomic E-state index is 0.136. The van der Waals surface area contributed by atoms with Gasteiger partial charge in [0, 0.05) is 43.4 Å². The lowest BCUT2D eigenvalue weighted by Gasteiger charge is -2.33. The SMILES string of the molecule is Cc1cc(NC(=O)N2CCOC(c3ccnc(N4CCCC4)n3)C2)ccn1. The average Bonchev–Trinajstić information content (AvgIpc) is 3.23. The van der Waals surface area contributed by atoms with Gasteiger partial charge in [0.05, 0.1) is 18.8 Å². The second kappa shape index (κ2) is 7.87. The zero-order valence-electron chi connectivity index (χ0n) is 15.5. The monoisotopic (exact) mass is 368 g/mol. The quantitative estimate of drug-likeness (QED) is 0.896. The molecule has 0 radical (unpaired) electrons. The van der Waals surface area contributed by atoms with Crippen LogP contribution in [0.4, 0.5) is 16.4 Å². The van der Waals surface area contributed by atoms with Crippen LogP contribution in [0, 0.1) is 6.92 Å². The van der Waals surface area contributed by atoms with E-state index in [0.29, 0.717) is 19.7 Å². The summed E-state index contributed by atoms with van der Waals surface area (Å²) in [5.41, 5.74) is 2.43. The van der Waals surface area contributed by atoms with Crippen molar-refractivity contribution in [2.45, 2.75) is 25.9 Å². The highest BCUT2D eigenvalue weighted by Gasteiger charge is 2.27. The van der Waals surface area contributed by atoms with Gasteiger partial charge in [-0.3, -0.25) is 4.98 Å². The molecule has 0 bridgehead atoms. The molecule has 1 N–H and O–H groups in total. The molecule has 8 heteroatoms. The number of ether oxygens (including phenoxy) is 1. The molecule has 1 unspecified atom stereocenters. The van der Waals surface area contributed by atoms with Gasteiger partial charge in [-0.25, -0.2) is 14.8 Å². The van der Waals surface area contributed by atoms with E-state index in [1.807, 2.05) is 19.1 Å². The Bertz CT molecular complexity index is 808. The van der Waals surface area contributed by atoms with Crippen molar-refractivity contribution >= 4 is 17.7 Å². The first-order valence-corrected chi connectivity index (χ1v) is 9.37. The number of rotatable bonds is 3. The fourth-order valence-corrected chi connectivity index (χ4v) is 3.45. The topological polar surface area (TPSA) is 83.5 Å². The molecule has 2 aliphatic rings. The van der Waals surface area contributed by atoms with E-state index in [1.54, 1.807) is 23.4 Å². The maximum absolute atomic E-state index is 12.6. The summed E-state index contributed by atoms with van der Waals surface area (Å²) in [5.74, 6) is 0.752. The average molecular weight is 368 g/mol. The second-order valence-electron chi connectivity index (χ2n) is 6.90. The first kappa shape index (κ1) is 17.7. The molecule has 2 amide bonds. The Morgan fingerprint density at radius 2 is 2.00 bits per heavy atom. The number of amides is 2. The van der Waals surface area contributed by atoms with Crippen LogP contribution in [0.15, 0.2) is 30.6 Å². The molecule has 2 aromatic rings. The van der Waals surface area contributed by atoms with Crippen molar-refractivity contribution in [1.29, 1.82) is 0 Å². The molecule has 2 fully saturated rings. The number of morpholine rings is 1. The van der Waals surface area contributed by atoms with Gasteiger partial charge in [0.25, 0.3) is 0 Å². The van der Waals surface area contributed by atoms with Gasteiger partial charge >= 0.3 is 6.03 Å². The predicted molar refractivity (Wildman–Crippen MR) is 102 cm³/mol. The van der Waals surface area contributed by atoms with E-state index >= 15 is 0 Å². The largest absolute Gasteiger partial charge is 0.368 e. The summed E-state index contributed by atoms with van der Waals surface area (Å²) in [5, 5.41) is 2.93. The molecule has 142 valence electrons. The van der Waals surface area contributed by atoms with Crippen molar-refractivity contribution in [2.24, 2.45) is 0 Å². The Kier molecular flexibility index (Phi) is 5.15. The molecule has 8 nitrogen and oxygen atoms in total. The molecular weight excluding hydrogens is 344 g/mol. The number of hydrogen-bond donors (Lipinski definition) is 1. The van der Waals surface area contributed by atoms with Crippen LogP contribution in [-0.4, -0.2) is 58.7 Å². The summed E-state index contributed by atoms with van der Waals surface area (Å²) >= 11 is 0. The summed E-state index contributed by atoms with van der Waals surface area (Å²) in [6.07, 6.45) is 5.57. The number of aryl methyl sites for hydroxylation is 1. The molecule has 4 rings (SSSR count). The molecule has 27 heavy (non-hydrogen) atoms. The number of urea groups is 1. The number of nitrogens with zero attached hydrogens (tertiary/aromatic N) is 5. The fourth-order valence-electron chi connectivity index (χ4n) is 3.45. The Labute approximate surface area is 158 Å². The third-order valence-corrected chi connectivity index (χ3v) is 4.88. The maximum atomic E-state index is 12.6. The number of hydrogen-bond acceptors (Lipinski definition) is 6. The van der Waals surface area contributed by atoms with Crippen LogP contribution in [-0.2, 0) is 4.74 Å². The molecule has 2 saturated heterocycles. The van der Waals surface area contributed by atoms with Gasteiger partial charge < -0.3 is 19.9 Å². The molecule has 0 spiro atoms. The Hall–Kier alpha value is -2.74. The minimum atomic E-state index is -0.243. The van der Waals surface area contributed by atoms with E-state index in [4.69, 9.17) is 9.72 Å². The van der Waals surface area contributed by atoms with Crippen molar-refractivity contribution in [2.75, 3.05) is 43.0 Å². The third-order valence-electron chi connectivity index (χ3n) is 4.88.